The van der Waals surface area contributed by atoms with Crippen LogP contribution in [-0.2, 0) is 12.8 Å². The van der Waals surface area contributed by atoms with Crippen LogP contribution in [0, 0.1) is 0 Å². The number of piperidine rings is 1. The van der Waals surface area contributed by atoms with Crippen LogP contribution in [0.25, 0.3) is 0 Å². The summed E-state index contributed by atoms with van der Waals surface area (Å²) in [5, 5.41) is 0. The Labute approximate surface area is 122 Å². The number of amides is 1. The monoisotopic (exact) mass is 294 g/mol. The van der Waals surface area contributed by atoms with Crippen molar-refractivity contribution in [2.45, 2.75) is 44.6 Å². The summed E-state index contributed by atoms with van der Waals surface area (Å²) in [5.41, 5.74) is 7.16. The van der Waals surface area contributed by atoms with E-state index in [2.05, 4.69) is 6.07 Å². The minimum absolute atomic E-state index is 0.0480. The lowest BCUT2D eigenvalue weighted by molar-refractivity contribution is 0.0686. The molecule has 1 saturated heterocycles. The van der Waals surface area contributed by atoms with E-state index in [4.69, 9.17) is 18.0 Å². The zero-order valence-electron chi connectivity index (χ0n) is 10.9. The van der Waals surface area contributed by atoms with Crippen molar-refractivity contribution in [3.05, 3.63) is 21.4 Å². The molecule has 1 aromatic rings. The second kappa shape index (κ2) is 5.21. The Bertz CT molecular complexity index is 502. The van der Waals surface area contributed by atoms with Gasteiger partial charge in [-0.3, -0.25) is 4.79 Å². The van der Waals surface area contributed by atoms with Crippen LogP contribution in [0.1, 0.15) is 45.8 Å². The Balaban J connectivity index is 1.83. The van der Waals surface area contributed by atoms with Gasteiger partial charge in [0.05, 0.1) is 15.9 Å². The van der Waals surface area contributed by atoms with Gasteiger partial charge in [-0.15, -0.1) is 11.3 Å². The minimum Gasteiger partial charge on any atom is -0.392 e. The maximum Gasteiger partial charge on any atom is 0.264 e. The molecule has 0 spiro atoms. The van der Waals surface area contributed by atoms with Crippen molar-refractivity contribution in [2.75, 3.05) is 6.54 Å². The molecule has 1 aliphatic carbocycles. The van der Waals surface area contributed by atoms with Gasteiger partial charge in [0.1, 0.15) is 0 Å². The van der Waals surface area contributed by atoms with Gasteiger partial charge < -0.3 is 10.6 Å². The molecule has 19 heavy (non-hydrogen) atoms. The zero-order chi connectivity index (χ0) is 13.4. The first-order chi connectivity index (χ1) is 9.16. The Hall–Kier alpha value is -0.940. The third-order valence-electron chi connectivity index (χ3n) is 4.05. The van der Waals surface area contributed by atoms with E-state index in [9.17, 15) is 4.79 Å². The molecule has 1 fully saturated rings. The van der Waals surface area contributed by atoms with Crippen molar-refractivity contribution in [2.24, 2.45) is 5.73 Å². The molecule has 0 radical (unpaired) electrons. The summed E-state index contributed by atoms with van der Waals surface area (Å²) in [5.74, 6) is 0.122. The second-order valence-corrected chi connectivity index (χ2v) is 6.93. The molecule has 3 nitrogen and oxygen atoms in total. The van der Waals surface area contributed by atoms with Crippen molar-refractivity contribution < 1.29 is 4.79 Å². The van der Waals surface area contributed by atoms with Crippen molar-refractivity contribution in [3.63, 3.8) is 0 Å². The molecular weight excluding hydrogens is 276 g/mol. The molecule has 1 atom stereocenters. The lowest BCUT2D eigenvalue weighted by atomic mass is 10.0. The molecule has 3 rings (SSSR count). The van der Waals surface area contributed by atoms with E-state index >= 15 is 0 Å². The average molecular weight is 294 g/mol. The summed E-state index contributed by atoms with van der Waals surface area (Å²) in [7, 11) is 0. The molecule has 2 aliphatic rings. The summed E-state index contributed by atoms with van der Waals surface area (Å²) < 4.78 is 0. The summed E-state index contributed by atoms with van der Waals surface area (Å²) >= 11 is 6.78. The Morgan fingerprint density at radius 3 is 2.95 bits per heavy atom. The standard InChI is InChI=1S/C14H18N2OS2/c15-13(18)10-5-1-2-7-16(10)14(17)12-8-9-4-3-6-11(9)19-12/h8,10H,1-7H2,(H2,15,18). The zero-order valence-corrected chi connectivity index (χ0v) is 12.5. The number of carbonyl (C=O) groups excluding carboxylic acids is 1. The second-order valence-electron chi connectivity index (χ2n) is 5.33. The molecular formula is C14H18N2OS2. The average Bonchev–Trinajstić information content (AvgIpc) is 2.98. The number of thiophene rings is 1. The molecule has 0 saturated carbocycles. The van der Waals surface area contributed by atoms with E-state index in [1.54, 1.807) is 11.3 Å². The van der Waals surface area contributed by atoms with E-state index in [1.165, 1.54) is 16.9 Å². The summed E-state index contributed by atoms with van der Waals surface area (Å²) in [6.45, 7) is 0.781. The van der Waals surface area contributed by atoms with Crippen LogP contribution in [0.5, 0.6) is 0 Å². The molecule has 1 unspecified atom stereocenters. The number of nitrogens with two attached hydrogens (primary N) is 1. The molecule has 0 bridgehead atoms. The highest BCUT2D eigenvalue weighted by atomic mass is 32.1. The number of nitrogens with zero attached hydrogens (tertiary/aromatic N) is 1. The van der Waals surface area contributed by atoms with E-state index in [0.717, 1.165) is 43.5 Å². The van der Waals surface area contributed by atoms with Gasteiger partial charge in [-0.1, -0.05) is 12.2 Å². The van der Waals surface area contributed by atoms with Crippen LogP contribution in [0.2, 0.25) is 0 Å². The smallest absolute Gasteiger partial charge is 0.264 e. The van der Waals surface area contributed by atoms with Gasteiger partial charge in [-0.2, -0.15) is 0 Å². The molecule has 2 heterocycles. The number of likely N-dealkylation sites (tertiary alicyclic amines) is 1. The largest absolute Gasteiger partial charge is 0.392 e. The van der Waals surface area contributed by atoms with Crippen molar-refractivity contribution in [1.82, 2.24) is 4.90 Å². The quantitative estimate of drug-likeness (QED) is 0.853. The maximum absolute atomic E-state index is 12.6. The van der Waals surface area contributed by atoms with Crippen molar-refractivity contribution in [1.29, 1.82) is 0 Å². The number of carbonyl (C=O) groups is 1. The van der Waals surface area contributed by atoms with Gasteiger partial charge in [0.15, 0.2) is 0 Å². The number of aryl methyl sites for hydroxylation is 2. The van der Waals surface area contributed by atoms with E-state index in [-0.39, 0.29) is 11.9 Å². The first-order valence-electron chi connectivity index (χ1n) is 6.88. The summed E-state index contributed by atoms with van der Waals surface area (Å²) in [6, 6.07) is 2.04. The molecule has 2 N–H and O–H groups in total. The molecule has 5 heteroatoms. The van der Waals surface area contributed by atoms with E-state index in [0.29, 0.717) is 4.99 Å². The van der Waals surface area contributed by atoms with Gasteiger partial charge in [-0.05, 0) is 50.2 Å². The van der Waals surface area contributed by atoms with Crippen molar-refractivity contribution >= 4 is 34.5 Å². The molecule has 1 aromatic heterocycles. The number of rotatable bonds is 2. The highest BCUT2D eigenvalue weighted by molar-refractivity contribution is 7.80. The first-order valence-corrected chi connectivity index (χ1v) is 8.11. The topological polar surface area (TPSA) is 46.3 Å². The maximum atomic E-state index is 12.6. The van der Waals surface area contributed by atoms with Crippen LogP contribution in [0.3, 0.4) is 0 Å². The lowest BCUT2D eigenvalue weighted by Crippen LogP contribution is -2.49. The fraction of sp³-hybridized carbons (Fsp3) is 0.571. The molecule has 1 amide bonds. The van der Waals surface area contributed by atoms with E-state index < -0.39 is 0 Å². The Kier molecular flexibility index (Phi) is 3.58. The molecule has 102 valence electrons. The summed E-state index contributed by atoms with van der Waals surface area (Å²) in [6.07, 6.45) is 6.55. The fourth-order valence-corrected chi connectivity index (χ4v) is 4.50. The predicted octanol–water partition coefficient (Wildman–Crippen LogP) is 2.52. The molecule has 0 aromatic carbocycles. The SMILES string of the molecule is NC(=S)C1CCCCN1C(=O)c1cc2c(s1)CCC2. The van der Waals surface area contributed by atoms with Crippen LogP contribution >= 0.6 is 23.6 Å². The van der Waals surface area contributed by atoms with Gasteiger partial charge >= 0.3 is 0 Å². The van der Waals surface area contributed by atoms with Gasteiger partial charge in [0.2, 0.25) is 0 Å². The predicted molar refractivity (Wildman–Crippen MR) is 81.8 cm³/mol. The van der Waals surface area contributed by atoms with Crippen LogP contribution in [-0.4, -0.2) is 28.4 Å². The lowest BCUT2D eigenvalue weighted by Gasteiger charge is -2.34. The number of fused-ring (bicyclic) bond motifs is 1. The van der Waals surface area contributed by atoms with Gasteiger partial charge in [0, 0.05) is 11.4 Å². The first kappa shape index (κ1) is 13.1. The Morgan fingerprint density at radius 1 is 1.37 bits per heavy atom. The van der Waals surface area contributed by atoms with Crippen LogP contribution in [0.4, 0.5) is 0 Å². The highest BCUT2D eigenvalue weighted by Gasteiger charge is 2.31. The van der Waals surface area contributed by atoms with E-state index in [1.807, 2.05) is 4.90 Å². The normalized spacial score (nSPS) is 22.3. The van der Waals surface area contributed by atoms with Crippen LogP contribution < -0.4 is 5.73 Å². The number of hydrogen-bond donors (Lipinski definition) is 1. The fourth-order valence-electron chi connectivity index (χ4n) is 3.05. The van der Waals surface area contributed by atoms with Gasteiger partial charge in [0.25, 0.3) is 5.91 Å². The highest BCUT2D eigenvalue weighted by Crippen LogP contribution is 2.32. The van der Waals surface area contributed by atoms with Crippen LogP contribution in [0.15, 0.2) is 6.07 Å². The number of hydrogen-bond acceptors (Lipinski definition) is 3. The van der Waals surface area contributed by atoms with Gasteiger partial charge in [-0.25, -0.2) is 0 Å². The molecule has 1 aliphatic heterocycles. The third-order valence-corrected chi connectivity index (χ3v) is 5.55. The number of thiocarbonyl (C=S) groups is 1. The van der Waals surface area contributed by atoms with Crippen molar-refractivity contribution in [3.8, 4) is 0 Å². The Morgan fingerprint density at radius 2 is 2.21 bits per heavy atom. The minimum atomic E-state index is -0.0480. The summed E-state index contributed by atoms with van der Waals surface area (Å²) in [4.78, 5) is 17.2. The third kappa shape index (κ3) is 2.41.